The Morgan fingerprint density at radius 3 is 2.46 bits per heavy atom. The molecule has 204 valence electrons. The average Bonchev–Trinajstić information content (AvgIpc) is 3.08. The van der Waals surface area contributed by atoms with Crippen LogP contribution in [0.1, 0.15) is 18.9 Å². The molecular formula is C25H32O12. The van der Waals surface area contributed by atoms with Gasteiger partial charge in [0.05, 0.1) is 31.5 Å². The number of hydrogen-bond donors (Lipinski definition) is 6. The van der Waals surface area contributed by atoms with Crippen molar-refractivity contribution >= 4 is 12.0 Å². The van der Waals surface area contributed by atoms with Crippen LogP contribution in [0.25, 0.3) is 6.08 Å². The zero-order chi connectivity index (χ0) is 27.0. The molecule has 1 aromatic rings. The highest BCUT2D eigenvalue weighted by Gasteiger charge is 2.65. The Bertz CT molecular complexity index is 1010. The smallest absolute Gasteiger partial charge is 0.331 e. The van der Waals surface area contributed by atoms with E-state index < -0.39 is 72.8 Å². The molecule has 2 heterocycles. The topological polar surface area (TPSA) is 185 Å². The molecule has 12 nitrogen and oxygen atoms in total. The molecule has 37 heavy (non-hydrogen) atoms. The number of carbonyl (C=O) groups is 1. The molecule has 1 saturated heterocycles. The van der Waals surface area contributed by atoms with Gasteiger partial charge in [0.15, 0.2) is 6.29 Å². The van der Waals surface area contributed by atoms with Crippen molar-refractivity contribution in [3.63, 3.8) is 0 Å². The number of carbonyl (C=O) groups excluding carboxylic acids is 1. The van der Waals surface area contributed by atoms with Gasteiger partial charge in [-0.3, -0.25) is 0 Å². The van der Waals surface area contributed by atoms with Gasteiger partial charge in [0, 0.05) is 12.5 Å². The van der Waals surface area contributed by atoms with Crippen molar-refractivity contribution in [3.05, 3.63) is 48.2 Å². The van der Waals surface area contributed by atoms with Gasteiger partial charge in [-0.05, 0) is 36.8 Å². The standard InChI is InChI=1S/C25H32O12/c1-24(31)11-16(36-17(27)8-5-13-3-6-14(33-2)7-4-13)25(32)9-10-34-23(21(24)25)37-22-20(30)19(29)18(28)15(12-26)35-22/h3-10,15-16,18-23,26,28-32H,11-12H2,1-2H3/t15-,16+,18+,19+,20+,21+,22-,23-,24+,25+/m0/s1. The fourth-order valence-corrected chi connectivity index (χ4v) is 5.01. The number of hydrogen-bond acceptors (Lipinski definition) is 12. The number of aliphatic hydroxyl groups is 6. The number of fused-ring (bicyclic) bond motifs is 1. The van der Waals surface area contributed by atoms with E-state index in [0.29, 0.717) is 11.3 Å². The minimum atomic E-state index is -1.91. The SMILES string of the molecule is COc1ccc(C=CC(=O)O[C@@H]2C[C@@](C)(O)[C@H]3[C@H](O[C@@H]4O[C@@H](CO)[C@@H](O)[C@@H](O)[C@H]4O)OC=C[C@@]23O)cc1. The molecule has 10 atom stereocenters. The highest BCUT2D eigenvalue weighted by Crippen LogP contribution is 2.50. The van der Waals surface area contributed by atoms with Crippen LogP contribution in [0.15, 0.2) is 42.7 Å². The first-order valence-electron chi connectivity index (χ1n) is 11.8. The second-order valence-corrected chi connectivity index (χ2v) is 9.60. The van der Waals surface area contributed by atoms with Crippen LogP contribution in [-0.4, -0.2) is 105 Å². The molecule has 0 aromatic heterocycles. The first-order chi connectivity index (χ1) is 17.5. The minimum Gasteiger partial charge on any atom is -0.497 e. The van der Waals surface area contributed by atoms with Gasteiger partial charge in [-0.25, -0.2) is 4.79 Å². The van der Waals surface area contributed by atoms with Gasteiger partial charge >= 0.3 is 5.97 Å². The lowest BCUT2D eigenvalue weighted by atomic mass is 9.81. The van der Waals surface area contributed by atoms with Crippen LogP contribution in [-0.2, 0) is 23.7 Å². The Hall–Kier alpha value is -2.55. The number of aliphatic hydroxyl groups excluding tert-OH is 4. The summed E-state index contributed by atoms with van der Waals surface area (Å²) in [4.78, 5) is 12.6. The molecule has 2 fully saturated rings. The summed E-state index contributed by atoms with van der Waals surface area (Å²) in [6.07, 6.45) is -5.47. The van der Waals surface area contributed by atoms with Crippen molar-refractivity contribution in [3.8, 4) is 5.75 Å². The summed E-state index contributed by atoms with van der Waals surface area (Å²) in [5.41, 5.74) is -2.86. The maximum absolute atomic E-state index is 12.6. The molecule has 6 N–H and O–H groups in total. The Labute approximate surface area is 212 Å². The van der Waals surface area contributed by atoms with Crippen molar-refractivity contribution in [2.75, 3.05) is 13.7 Å². The second-order valence-electron chi connectivity index (χ2n) is 9.60. The summed E-state index contributed by atoms with van der Waals surface area (Å²) in [6.45, 7) is 0.749. The predicted octanol–water partition coefficient (Wildman–Crippen LogP) is -1.19. The van der Waals surface area contributed by atoms with Crippen LogP contribution in [0.4, 0.5) is 0 Å². The van der Waals surface area contributed by atoms with Crippen LogP contribution in [0.2, 0.25) is 0 Å². The second kappa shape index (κ2) is 10.7. The van der Waals surface area contributed by atoms with Gasteiger partial charge in [-0.1, -0.05) is 12.1 Å². The normalized spacial score (nSPS) is 41.3. The average molecular weight is 525 g/mol. The number of benzene rings is 1. The Morgan fingerprint density at radius 1 is 1.11 bits per heavy atom. The molecule has 0 unspecified atom stereocenters. The highest BCUT2D eigenvalue weighted by molar-refractivity contribution is 5.87. The van der Waals surface area contributed by atoms with Gasteiger partial charge in [0.2, 0.25) is 6.29 Å². The molecule has 0 radical (unpaired) electrons. The number of methoxy groups -OCH3 is 1. The van der Waals surface area contributed by atoms with E-state index in [1.54, 1.807) is 31.4 Å². The van der Waals surface area contributed by atoms with Crippen LogP contribution in [0, 0.1) is 5.92 Å². The summed E-state index contributed by atoms with van der Waals surface area (Å²) in [7, 11) is 1.54. The predicted molar refractivity (Wildman–Crippen MR) is 124 cm³/mol. The van der Waals surface area contributed by atoms with E-state index in [-0.39, 0.29) is 6.42 Å². The molecule has 0 amide bonds. The molecular weight excluding hydrogens is 492 g/mol. The molecule has 1 saturated carbocycles. The van der Waals surface area contributed by atoms with Crippen molar-refractivity contribution in [1.82, 2.24) is 0 Å². The number of esters is 1. The molecule has 12 heteroatoms. The molecule has 0 spiro atoms. The molecule has 1 aromatic carbocycles. The monoisotopic (exact) mass is 524 g/mol. The van der Waals surface area contributed by atoms with Crippen LogP contribution in [0.5, 0.6) is 5.75 Å². The zero-order valence-electron chi connectivity index (χ0n) is 20.3. The van der Waals surface area contributed by atoms with Gasteiger partial charge < -0.3 is 54.3 Å². The van der Waals surface area contributed by atoms with E-state index in [4.69, 9.17) is 23.7 Å². The van der Waals surface area contributed by atoms with Crippen molar-refractivity contribution in [2.45, 2.75) is 67.6 Å². The highest BCUT2D eigenvalue weighted by atomic mass is 16.8. The summed E-state index contributed by atoms with van der Waals surface area (Å²) in [5.74, 6) is -1.30. The van der Waals surface area contributed by atoms with Gasteiger partial charge in [-0.2, -0.15) is 0 Å². The molecule has 4 rings (SSSR count). The van der Waals surface area contributed by atoms with Crippen molar-refractivity contribution < 1.29 is 59.1 Å². The van der Waals surface area contributed by atoms with E-state index in [1.807, 2.05) is 0 Å². The first-order valence-corrected chi connectivity index (χ1v) is 11.8. The summed E-state index contributed by atoms with van der Waals surface area (Å²) < 4.78 is 27.1. The number of ether oxygens (including phenoxy) is 5. The largest absolute Gasteiger partial charge is 0.497 e. The van der Waals surface area contributed by atoms with E-state index in [2.05, 4.69) is 0 Å². The molecule has 0 bridgehead atoms. The third kappa shape index (κ3) is 5.38. The van der Waals surface area contributed by atoms with Crippen LogP contribution >= 0.6 is 0 Å². The van der Waals surface area contributed by atoms with Crippen molar-refractivity contribution in [1.29, 1.82) is 0 Å². The fraction of sp³-hybridized carbons (Fsp3) is 0.560. The third-order valence-corrected chi connectivity index (χ3v) is 7.01. The Morgan fingerprint density at radius 2 is 1.81 bits per heavy atom. The minimum absolute atomic E-state index is 0.168. The summed E-state index contributed by atoms with van der Waals surface area (Å²) in [6, 6.07) is 6.95. The maximum atomic E-state index is 12.6. The van der Waals surface area contributed by atoms with Gasteiger partial charge in [0.1, 0.15) is 41.9 Å². The number of rotatable bonds is 7. The first kappa shape index (κ1) is 27.5. The maximum Gasteiger partial charge on any atom is 0.331 e. The Balaban J connectivity index is 1.48. The Kier molecular flexibility index (Phi) is 7.93. The van der Waals surface area contributed by atoms with Gasteiger partial charge in [-0.15, -0.1) is 0 Å². The lowest BCUT2D eigenvalue weighted by Crippen LogP contribution is -2.62. The third-order valence-electron chi connectivity index (χ3n) is 7.01. The zero-order valence-corrected chi connectivity index (χ0v) is 20.3. The van der Waals surface area contributed by atoms with E-state index >= 15 is 0 Å². The van der Waals surface area contributed by atoms with Crippen molar-refractivity contribution in [2.24, 2.45) is 5.92 Å². The lowest BCUT2D eigenvalue weighted by Gasteiger charge is -2.45. The quantitative estimate of drug-likeness (QED) is 0.185. The van der Waals surface area contributed by atoms with E-state index in [1.165, 1.54) is 25.2 Å². The van der Waals surface area contributed by atoms with E-state index in [0.717, 1.165) is 6.26 Å². The summed E-state index contributed by atoms with van der Waals surface area (Å²) >= 11 is 0. The van der Waals surface area contributed by atoms with E-state index in [9.17, 15) is 35.4 Å². The molecule has 3 aliphatic rings. The van der Waals surface area contributed by atoms with Crippen LogP contribution < -0.4 is 4.74 Å². The van der Waals surface area contributed by atoms with Crippen LogP contribution in [0.3, 0.4) is 0 Å². The fourth-order valence-electron chi connectivity index (χ4n) is 5.01. The van der Waals surface area contributed by atoms with Gasteiger partial charge in [0.25, 0.3) is 0 Å². The molecule has 1 aliphatic carbocycles. The summed E-state index contributed by atoms with van der Waals surface area (Å²) in [5, 5.41) is 62.4. The lowest BCUT2D eigenvalue weighted by molar-refractivity contribution is -0.351. The molecule has 2 aliphatic heterocycles.